The second kappa shape index (κ2) is 7.25. The molecule has 1 amide bonds. The van der Waals surface area contributed by atoms with Gasteiger partial charge in [-0.3, -0.25) is 4.98 Å². The average molecular weight is 327 g/mol. The van der Waals surface area contributed by atoms with E-state index in [-0.39, 0.29) is 12.1 Å². The highest BCUT2D eigenvalue weighted by Gasteiger charge is 2.24. The minimum absolute atomic E-state index is 0.147. The SMILES string of the molecule is COC(=O)N1CCCC(Nc2cc(C)nc(-c3cccnc3)n2)C1. The molecule has 0 radical (unpaired) electrons. The van der Waals surface area contributed by atoms with Gasteiger partial charge in [-0.1, -0.05) is 0 Å². The first-order valence-corrected chi connectivity index (χ1v) is 8.01. The van der Waals surface area contributed by atoms with Gasteiger partial charge in [-0.2, -0.15) is 0 Å². The number of carbonyl (C=O) groups excluding carboxylic acids is 1. The second-order valence-corrected chi connectivity index (χ2v) is 5.86. The molecule has 24 heavy (non-hydrogen) atoms. The number of hydrogen-bond acceptors (Lipinski definition) is 6. The lowest BCUT2D eigenvalue weighted by Crippen LogP contribution is -2.45. The highest BCUT2D eigenvalue weighted by molar-refractivity contribution is 5.67. The van der Waals surface area contributed by atoms with Crippen molar-refractivity contribution in [3.8, 4) is 11.4 Å². The van der Waals surface area contributed by atoms with Crippen LogP contribution in [0.4, 0.5) is 10.6 Å². The molecule has 126 valence electrons. The van der Waals surface area contributed by atoms with E-state index >= 15 is 0 Å². The highest BCUT2D eigenvalue weighted by atomic mass is 16.5. The summed E-state index contributed by atoms with van der Waals surface area (Å²) in [5, 5.41) is 3.42. The molecule has 1 atom stereocenters. The average Bonchev–Trinajstić information content (AvgIpc) is 2.61. The molecular weight excluding hydrogens is 306 g/mol. The molecule has 1 aliphatic heterocycles. The number of ether oxygens (including phenoxy) is 1. The van der Waals surface area contributed by atoms with Crippen molar-refractivity contribution in [1.29, 1.82) is 0 Å². The predicted octanol–water partition coefficient (Wildman–Crippen LogP) is 2.49. The number of piperidine rings is 1. The molecule has 7 heteroatoms. The van der Waals surface area contributed by atoms with Crippen LogP contribution in [0.5, 0.6) is 0 Å². The zero-order chi connectivity index (χ0) is 16.9. The Labute approximate surface area is 141 Å². The third-order valence-electron chi connectivity index (χ3n) is 3.98. The van der Waals surface area contributed by atoms with Gasteiger partial charge in [0, 0.05) is 48.8 Å². The summed E-state index contributed by atoms with van der Waals surface area (Å²) in [7, 11) is 1.41. The Morgan fingerprint density at radius 1 is 1.42 bits per heavy atom. The van der Waals surface area contributed by atoms with Gasteiger partial charge in [0.1, 0.15) is 5.82 Å². The number of carbonyl (C=O) groups is 1. The van der Waals surface area contributed by atoms with Crippen LogP contribution in [0.2, 0.25) is 0 Å². The molecule has 2 aromatic heterocycles. The van der Waals surface area contributed by atoms with Crippen LogP contribution < -0.4 is 5.32 Å². The molecule has 3 rings (SSSR count). The number of methoxy groups -OCH3 is 1. The monoisotopic (exact) mass is 327 g/mol. The summed E-state index contributed by atoms with van der Waals surface area (Å²) in [5.41, 5.74) is 1.76. The summed E-state index contributed by atoms with van der Waals surface area (Å²) in [5.74, 6) is 1.41. The number of aromatic nitrogens is 3. The summed E-state index contributed by atoms with van der Waals surface area (Å²) >= 11 is 0. The van der Waals surface area contributed by atoms with E-state index in [0.29, 0.717) is 12.4 Å². The summed E-state index contributed by atoms with van der Waals surface area (Å²) in [6.45, 7) is 3.28. The van der Waals surface area contributed by atoms with E-state index in [0.717, 1.165) is 36.5 Å². The third-order valence-corrected chi connectivity index (χ3v) is 3.98. The van der Waals surface area contributed by atoms with Gasteiger partial charge >= 0.3 is 6.09 Å². The quantitative estimate of drug-likeness (QED) is 0.933. The topological polar surface area (TPSA) is 80.2 Å². The van der Waals surface area contributed by atoms with Crippen LogP contribution in [0.15, 0.2) is 30.6 Å². The zero-order valence-electron chi connectivity index (χ0n) is 13.9. The van der Waals surface area contributed by atoms with Gasteiger partial charge in [0.05, 0.1) is 7.11 Å². The van der Waals surface area contributed by atoms with Gasteiger partial charge in [0.25, 0.3) is 0 Å². The molecule has 0 spiro atoms. The van der Waals surface area contributed by atoms with Gasteiger partial charge in [-0.05, 0) is 31.9 Å². The van der Waals surface area contributed by atoms with Crippen molar-refractivity contribution >= 4 is 11.9 Å². The van der Waals surface area contributed by atoms with Crippen molar-refractivity contribution in [1.82, 2.24) is 19.9 Å². The number of rotatable bonds is 3. The van der Waals surface area contributed by atoms with Gasteiger partial charge < -0.3 is 15.0 Å². The molecule has 3 heterocycles. The third kappa shape index (κ3) is 3.79. The number of pyridine rings is 1. The Morgan fingerprint density at radius 3 is 3.04 bits per heavy atom. The van der Waals surface area contributed by atoms with Gasteiger partial charge in [-0.25, -0.2) is 14.8 Å². The maximum atomic E-state index is 11.7. The molecule has 1 saturated heterocycles. The van der Waals surface area contributed by atoms with Crippen molar-refractivity contribution in [2.24, 2.45) is 0 Å². The van der Waals surface area contributed by atoms with Crippen LogP contribution in [0.1, 0.15) is 18.5 Å². The number of anilines is 1. The molecule has 2 aromatic rings. The Balaban J connectivity index is 1.75. The van der Waals surface area contributed by atoms with Crippen molar-refractivity contribution in [3.05, 3.63) is 36.3 Å². The Bertz CT molecular complexity index is 707. The first-order chi connectivity index (χ1) is 11.7. The van der Waals surface area contributed by atoms with Crippen LogP contribution >= 0.6 is 0 Å². The van der Waals surface area contributed by atoms with E-state index in [2.05, 4.69) is 20.3 Å². The number of nitrogens with one attached hydrogen (secondary N) is 1. The number of nitrogens with zero attached hydrogens (tertiary/aromatic N) is 4. The summed E-state index contributed by atoms with van der Waals surface area (Å²) < 4.78 is 4.81. The number of hydrogen-bond donors (Lipinski definition) is 1. The fraction of sp³-hybridized carbons (Fsp3) is 0.412. The smallest absolute Gasteiger partial charge is 0.409 e. The van der Waals surface area contributed by atoms with Gasteiger partial charge in [0.15, 0.2) is 5.82 Å². The maximum Gasteiger partial charge on any atom is 0.409 e. The van der Waals surface area contributed by atoms with Crippen LogP contribution in [-0.2, 0) is 4.74 Å². The maximum absolute atomic E-state index is 11.7. The molecule has 1 fully saturated rings. The lowest BCUT2D eigenvalue weighted by Gasteiger charge is -2.32. The standard InChI is InChI=1S/C17H21N5O2/c1-12-9-15(21-16(19-12)13-5-3-7-18-10-13)20-14-6-4-8-22(11-14)17(23)24-2/h3,5,7,9-10,14H,4,6,8,11H2,1-2H3,(H,19,20,21). The van der Waals surface area contributed by atoms with E-state index in [1.807, 2.05) is 25.1 Å². The van der Waals surface area contributed by atoms with Crippen molar-refractivity contribution in [2.45, 2.75) is 25.8 Å². The minimum atomic E-state index is -0.281. The van der Waals surface area contributed by atoms with Crippen LogP contribution in [0, 0.1) is 6.92 Å². The molecular formula is C17H21N5O2. The Morgan fingerprint density at radius 2 is 2.29 bits per heavy atom. The number of amides is 1. The summed E-state index contributed by atoms with van der Waals surface area (Å²) in [4.78, 5) is 26.6. The molecule has 0 aromatic carbocycles. The van der Waals surface area contributed by atoms with E-state index in [9.17, 15) is 4.79 Å². The molecule has 1 aliphatic rings. The first-order valence-electron chi connectivity index (χ1n) is 8.01. The summed E-state index contributed by atoms with van der Waals surface area (Å²) in [6.07, 6.45) is 5.11. The lowest BCUT2D eigenvalue weighted by molar-refractivity contribution is 0.113. The fourth-order valence-electron chi connectivity index (χ4n) is 2.87. The Hall–Kier alpha value is -2.70. The van der Waals surface area contributed by atoms with Crippen molar-refractivity contribution in [2.75, 3.05) is 25.5 Å². The normalized spacial score (nSPS) is 17.4. The molecule has 1 N–H and O–H groups in total. The largest absolute Gasteiger partial charge is 0.453 e. The van der Waals surface area contributed by atoms with Crippen molar-refractivity contribution < 1.29 is 9.53 Å². The highest BCUT2D eigenvalue weighted by Crippen LogP contribution is 2.19. The first kappa shape index (κ1) is 16.2. The van der Waals surface area contributed by atoms with E-state index in [1.165, 1.54) is 7.11 Å². The van der Waals surface area contributed by atoms with Crippen LogP contribution in [0.3, 0.4) is 0 Å². The van der Waals surface area contributed by atoms with Gasteiger partial charge in [0.2, 0.25) is 0 Å². The molecule has 0 bridgehead atoms. The molecule has 1 unspecified atom stereocenters. The molecule has 0 aliphatic carbocycles. The van der Waals surface area contributed by atoms with Crippen LogP contribution in [-0.4, -0.2) is 52.2 Å². The molecule has 7 nitrogen and oxygen atoms in total. The minimum Gasteiger partial charge on any atom is -0.453 e. The second-order valence-electron chi connectivity index (χ2n) is 5.86. The van der Waals surface area contributed by atoms with Crippen molar-refractivity contribution in [3.63, 3.8) is 0 Å². The lowest BCUT2D eigenvalue weighted by atomic mass is 10.1. The van der Waals surface area contributed by atoms with E-state index in [1.54, 1.807) is 17.3 Å². The Kier molecular flexibility index (Phi) is 4.88. The number of aryl methyl sites for hydroxylation is 1. The summed E-state index contributed by atoms with van der Waals surface area (Å²) in [6, 6.07) is 5.86. The molecule has 0 saturated carbocycles. The zero-order valence-corrected chi connectivity index (χ0v) is 13.9. The van der Waals surface area contributed by atoms with Crippen LogP contribution in [0.25, 0.3) is 11.4 Å². The van der Waals surface area contributed by atoms with E-state index in [4.69, 9.17) is 4.74 Å². The van der Waals surface area contributed by atoms with Gasteiger partial charge in [-0.15, -0.1) is 0 Å². The van der Waals surface area contributed by atoms with E-state index < -0.39 is 0 Å². The number of likely N-dealkylation sites (tertiary alicyclic amines) is 1. The fourth-order valence-corrected chi connectivity index (χ4v) is 2.87. The predicted molar refractivity (Wildman–Crippen MR) is 90.6 cm³/mol.